The number of nitrogens with one attached hydrogen (secondary N) is 1. The van der Waals surface area contributed by atoms with Crippen LogP contribution in [0.2, 0.25) is 0 Å². The van der Waals surface area contributed by atoms with E-state index in [2.05, 4.69) is 5.32 Å². The molecule has 1 N–H and O–H groups in total. The third-order valence-electron chi connectivity index (χ3n) is 7.52. The number of amides is 3. The number of imide groups is 1. The highest BCUT2D eigenvalue weighted by atomic mass is 35.5. The smallest absolute Gasteiger partial charge is 0.338 e. The third-order valence-corrected chi connectivity index (χ3v) is 8.84. The van der Waals surface area contributed by atoms with Gasteiger partial charge in [0.1, 0.15) is 0 Å². The summed E-state index contributed by atoms with van der Waals surface area (Å²) in [5.74, 6) is -3.49. The fourth-order valence-corrected chi connectivity index (χ4v) is 6.62. The summed E-state index contributed by atoms with van der Waals surface area (Å²) in [5, 5.41) is 1.91. The molecule has 2 aliphatic carbocycles. The third kappa shape index (κ3) is 5.01. The average Bonchev–Trinajstić information content (AvgIpc) is 3.55. The number of benzene rings is 2. The first kappa shape index (κ1) is 27.1. The van der Waals surface area contributed by atoms with Gasteiger partial charge in [-0.25, -0.2) is 9.59 Å². The van der Waals surface area contributed by atoms with E-state index in [-0.39, 0.29) is 40.0 Å². The predicted octanol–water partition coefficient (Wildman–Crippen LogP) is 4.02. The number of halogens is 2. The van der Waals surface area contributed by atoms with Gasteiger partial charge in [-0.15, -0.1) is 23.2 Å². The van der Waals surface area contributed by atoms with Crippen molar-refractivity contribution in [3.63, 3.8) is 0 Å². The maximum Gasteiger partial charge on any atom is 0.338 e. The number of rotatable bonds is 8. The molecule has 1 aliphatic heterocycles. The lowest BCUT2D eigenvalue weighted by Gasteiger charge is -2.28. The summed E-state index contributed by atoms with van der Waals surface area (Å²) >= 11 is 12.8. The Balaban J connectivity index is 1.15. The Labute approximate surface area is 234 Å². The average molecular weight is 573 g/mol. The van der Waals surface area contributed by atoms with Gasteiger partial charge >= 0.3 is 11.9 Å². The van der Waals surface area contributed by atoms with Gasteiger partial charge < -0.3 is 14.8 Å². The first-order valence-corrected chi connectivity index (χ1v) is 13.6. The maximum atomic E-state index is 13.1. The van der Waals surface area contributed by atoms with Crippen molar-refractivity contribution >= 4 is 64.2 Å². The summed E-state index contributed by atoms with van der Waals surface area (Å²) in [6.07, 6.45) is 1.40. The highest BCUT2D eigenvalue weighted by molar-refractivity contribution is 6.32. The second-order valence-electron chi connectivity index (χ2n) is 9.90. The first-order chi connectivity index (χ1) is 18.7. The zero-order chi connectivity index (χ0) is 27.8. The van der Waals surface area contributed by atoms with Gasteiger partial charge in [0.05, 0.1) is 46.0 Å². The van der Waals surface area contributed by atoms with E-state index in [4.69, 9.17) is 32.7 Å². The minimum Gasteiger partial charge on any atom is -0.462 e. The number of fused-ring (bicyclic) bond motifs is 5. The molecule has 0 unspecified atom stereocenters. The lowest BCUT2D eigenvalue weighted by atomic mass is 9.80. The standard InChI is InChI=1S/C28H26Cl2N2O7/c1-2-11-38-27(36)14-3-7-16(8-4-14)31-20(33)13-39-28(37)15-5-9-17(10-6-15)32-25(34)21-18-12-19(22(21)26(32)35)24(30)23(18)29/h3-10,18-19,21-24H,2,11-13H2,1H3,(H,31,33)/t18-,19-,21-,22-,23+,24+/m1/s1. The maximum absolute atomic E-state index is 13.1. The number of nitrogens with zero attached hydrogens (tertiary/aromatic N) is 1. The van der Waals surface area contributed by atoms with E-state index in [9.17, 15) is 24.0 Å². The number of hydrogen-bond acceptors (Lipinski definition) is 7. The van der Waals surface area contributed by atoms with Gasteiger partial charge in [0.2, 0.25) is 11.8 Å². The van der Waals surface area contributed by atoms with E-state index in [0.29, 0.717) is 36.4 Å². The van der Waals surface area contributed by atoms with Crippen molar-refractivity contribution in [2.75, 3.05) is 23.4 Å². The molecule has 1 heterocycles. The van der Waals surface area contributed by atoms with E-state index in [1.54, 1.807) is 12.1 Å². The summed E-state index contributed by atoms with van der Waals surface area (Å²) in [6.45, 7) is 1.69. The highest BCUT2D eigenvalue weighted by Gasteiger charge is 2.66. The van der Waals surface area contributed by atoms with Gasteiger partial charge in [0, 0.05) is 5.69 Å². The van der Waals surface area contributed by atoms with Gasteiger partial charge in [-0.1, -0.05) is 6.92 Å². The van der Waals surface area contributed by atoms with Crippen molar-refractivity contribution in [2.45, 2.75) is 30.5 Å². The molecule has 2 bridgehead atoms. The van der Waals surface area contributed by atoms with Crippen molar-refractivity contribution in [1.29, 1.82) is 0 Å². The molecule has 3 fully saturated rings. The van der Waals surface area contributed by atoms with E-state index >= 15 is 0 Å². The SMILES string of the molecule is CCCOC(=O)c1ccc(NC(=O)COC(=O)c2ccc(N3C(=O)[C@@H]4[C@H]5C[C@@H]([C@H](Cl)[C@H]5Cl)[C@H]4C3=O)cc2)cc1. The summed E-state index contributed by atoms with van der Waals surface area (Å²) < 4.78 is 10.2. The summed E-state index contributed by atoms with van der Waals surface area (Å²) in [7, 11) is 0. The minimum absolute atomic E-state index is 0.119. The number of hydrogen-bond donors (Lipinski definition) is 1. The van der Waals surface area contributed by atoms with Crippen LogP contribution in [0.25, 0.3) is 0 Å². The minimum atomic E-state index is -0.741. The Kier molecular flexibility index (Phi) is 7.64. The molecule has 0 spiro atoms. The van der Waals surface area contributed by atoms with Crippen LogP contribution >= 0.6 is 23.2 Å². The molecule has 2 aromatic rings. The van der Waals surface area contributed by atoms with Crippen molar-refractivity contribution in [1.82, 2.24) is 0 Å². The molecule has 204 valence electrons. The zero-order valence-corrected chi connectivity index (χ0v) is 22.5. The molecular formula is C28H26Cl2N2O7. The van der Waals surface area contributed by atoms with Crippen LogP contribution in [-0.2, 0) is 23.9 Å². The number of esters is 2. The van der Waals surface area contributed by atoms with E-state index in [0.717, 1.165) is 4.90 Å². The molecule has 11 heteroatoms. The molecule has 6 atom stereocenters. The van der Waals surface area contributed by atoms with Crippen molar-refractivity contribution in [2.24, 2.45) is 23.7 Å². The molecule has 3 aliphatic rings. The van der Waals surface area contributed by atoms with Crippen LogP contribution in [0, 0.1) is 23.7 Å². The van der Waals surface area contributed by atoms with Crippen LogP contribution in [0.1, 0.15) is 40.5 Å². The topological polar surface area (TPSA) is 119 Å². The fourth-order valence-electron chi connectivity index (χ4n) is 5.73. The Bertz CT molecular complexity index is 1280. The van der Waals surface area contributed by atoms with Crippen LogP contribution in [0.4, 0.5) is 11.4 Å². The molecule has 0 radical (unpaired) electrons. The Morgan fingerprint density at radius 3 is 1.90 bits per heavy atom. The molecular weight excluding hydrogens is 547 g/mol. The number of anilines is 2. The van der Waals surface area contributed by atoms with Crippen LogP contribution in [0.3, 0.4) is 0 Å². The van der Waals surface area contributed by atoms with Crippen molar-refractivity contribution in [3.05, 3.63) is 59.7 Å². The quantitative estimate of drug-likeness (QED) is 0.288. The van der Waals surface area contributed by atoms with Gasteiger partial charge in [0.15, 0.2) is 6.61 Å². The molecule has 2 aromatic carbocycles. The lowest BCUT2D eigenvalue weighted by Crippen LogP contribution is -2.37. The Hall–Kier alpha value is -3.43. The van der Waals surface area contributed by atoms with E-state index in [1.807, 2.05) is 6.92 Å². The molecule has 39 heavy (non-hydrogen) atoms. The van der Waals surface area contributed by atoms with Crippen LogP contribution in [0.5, 0.6) is 0 Å². The number of carbonyl (C=O) groups excluding carboxylic acids is 5. The van der Waals surface area contributed by atoms with Gasteiger partial charge in [0.25, 0.3) is 5.91 Å². The molecule has 1 saturated heterocycles. The van der Waals surface area contributed by atoms with Crippen LogP contribution in [-0.4, -0.2) is 53.6 Å². The van der Waals surface area contributed by atoms with Crippen molar-refractivity contribution in [3.8, 4) is 0 Å². The number of alkyl halides is 2. The normalized spacial score (nSPS) is 26.9. The summed E-state index contributed by atoms with van der Waals surface area (Å²) in [6, 6.07) is 12.0. The number of ether oxygens (including phenoxy) is 2. The zero-order valence-electron chi connectivity index (χ0n) is 21.0. The van der Waals surface area contributed by atoms with Crippen molar-refractivity contribution < 1.29 is 33.4 Å². The molecule has 3 amide bonds. The van der Waals surface area contributed by atoms with Crippen LogP contribution in [0.15, 0.2) is 48.5 Å². The molecule has 2 saturated carbocycles. The second kappa shape index (κ2) is 11.0. The van der Waals surface area contributed by atoms with Gasteiger partial charge in [-0.3, -0.25) is 19.3 Å². The van der Waals surface area contributed by atoms with E-state index in [1.165, 1.54) is 36.4 Å². The summed E-state index contributed by atoms with van der Waals surface area (Å²) in [5.41, 5.74) is 1.29. The highest BCUT2D eigenvalue weighted by Crippen LogP contribution is 2.59. The predicted molar refractivity (Wildman–Crippen MR) is 143 cm³/mol. The van der Waals surface area contributed by atoms with Gasteiger partial charge in [-0.2, -0.15) is 0 Å². The van der Waals surface area contributed by atoms with Gasteiger partial charge in [-0.05, 0) is 73.2 Å². The molecule has 5 rings (SSSR count). The lowest BCUT2D eigenvalue weighted by molar-refractivity contribution is -0.123. The largest absolute Gasteiger partial charge is 0.462 e. The molecule has 0 aromatic heterocycles. The monoisotopic (exact) mass is 572 g/mol. The molecule has 9 nitrogen and oxygen atoms in total. The fraction of sp³-hybridized carbons (Fsp3) is 0.393. The van der Waals surface area contributed by atoms with Crippen LogP contribution < -0.4 is 10.2 Å². The Morgan fingerprint density at radius 2 is 1.36 bits per heavy atom. The second-order valence-corrected chi connectivity index (χ2v) is 10.9. The van der Waals surface area contributed by atoms with E-state index < -0.39 is 36.3 Å². The number of carbonyl (C=O) groups is 5. The first-order valence-electron chi connectivity index (χ1n) is 12.7. The summed E-state index contributed by atoms with van der Waals surface area (Å²) in [4.78, 5) is 64.0. The Morgan fingerprint density at radius 1 is 0.846 bits per heavy atom.